The van der Waals surface area contributed by atoms with E-state index in [1.807, 2.05) is 43.3 Å². The van der Waals surface area contributed by atoms with Crippen LogP contribution in [0.5, 0.6) is 0 Å². The van der Waals surface area contributed by atoms with Gasteiger partial charge < -0.3 is 10.1 Å². The maximum absolute atomic E-state index is 13.4. The molecule has 0 atom stereocenters. The summed E-state index contributed by atoms with van der Waals surface area (Å²) in [5.74, 6) is -0.390. The molecule has 0 saturated carbocycles. The van der Waals surface area contributed by atoms with Crippen molar-refractivity contribution in [1.82, 2.24) is 24.2 Å². The number of hydrogen-bond donors (Lipinski definition) is 2. The second-order valence-corrected chi connectivity index (χ2v) is 8.38. The van der Waals surface area contributed by atoms with Crippen LogP contribution in [0.15, 0.2) is 59.5 Å². The summed E-state index contributed by atoms with van der Waals surface area (Å²) in [6, 6.07) is 14.4. The Morgan fingerprint density at radius 2 is 1.91 bits per heavy atom. The molecular formula is C25H26N6O3. The van der Waals surface area contributed by atoms with E-state index in [1.54, 1.807) is 16.8 Å². The Kier molecular flexibility index (Phi) is 5.95. The van der Waals surface area contributed by atoms with Crippen LogP contribution < -0.4 is 16.4 Å². The molecule has 0 aliphatic carbocycles. The van der Waals surface area contributed by atoms with Gasteiger partial charge >= 0.3 is 0 Å². The molecule has 9 heteroatoms. The fourth-order valence-electron chi connectivity index (χ4n) is 4.23. The van der Waals surface area contributed by atoms with Crippen LogP contribution in [0, 0.1) is 12.3 Å². The summed E-state index contributed by atoms with van der Waals surface area (Å²) < 4.78 is 8.41. The summed E-state index contributed by atoms with van der Waals surface area (Å²) in [6.45, 7) is 6.09. The molecule has 9 nitrogen and oxygen atoms in total. The van der Waals surface area contributed by atoms with Crippen molar-refractivity contribution in [2.24, 2.45) is 0 Å². The van der Waals surface area contributed by atoms with Gasteiger partial charge in [0.15, 0.2) is 5.65 Å². The number of hydrogen-bond acceptors (Lipinski definition) is 6. The van der Waals surface area contributed by atoms with Crippen molar-refractivity contribution >= 4 is 22.6 Å². The van der Waals surface area contributed by atoms with Gasteiger partial charge in [-0.15, -0.1) is 0 Å². The number of nitrogens with zero attached hydrogens (tertiary/aromatic N) is 4. The van der Waals surface area contributed by atoms with Crippen LogP contribution in [0.25, 0.3) is 22.4 Å². The lowest BCUT2D eigenvalue weighted by Crippen LogP contribution is -2.42. The quantitative estimate of drug-likeness (QED) is 0.441. The largest absolute Gasteiger partial charge is 0.379 e. The van der Waals surface area contributed by atoms with E-state index in [-0.39, 0.29) is 22.0 Å². The van der Waals surface area contributed by atoms with E-state index in [9.17, 15) is 9.59 Å². The molecule has 0 unspecified atom stereocenters. The first-order chi connectivity index (χ1) is 16.5. The monoisotopic (exact) mass is 458 g/mol. The first-order valence-electron chi connectivity index (χ1n) is 11.3. The van der Waals surface area contributed by atoms with Gasteiger partial charge in [-0.2, -0.15) is 0 Å². The number of morpholine rings is 1. The molecule has 0 bridgehead atoms. The van der Waals surface area contributed by atoms with Crippen molar-refractivity contribution < 1.29 is 9.53 Å². The minimum absolute atomic E-state index is 0.0223. The highest BCUT2D eigenvalue weighted by molar-refractivity contribution is 5.97. The van der Waals surface area contributed by atoms with Crippen molar-refractivity contribution in [3.05, 3.63) is 81.7 Å². The third kappa shape index (κ3) is 4.11. The number of para-hydroxylation sites is 1. The van der Waals surface area contributed by atoms with Crippen LogP contribution in [-0.2, 0) is 4.74 Å². The van der Waals surface area contributed by atoms with E-state index in [0.717, 1.165) is 18.7 Å². The van der Waals surface area contributed by atoms with Gasteiger partial charge in [0.05, 0.1) is 24.2 Å². The fourth-order valence-corrected chi connectivity index (χ4v) is 4.23. The Bertz CT molecular complexity index is 1490. The molecule has 4 heterocycles. The van der Waals surface area contributed by atoms with Crippen molar-refractivity contribution in [2.45, 2.75) is 6.92 Å². The summed E-state index contributed by atoms with van der Waals surface area (Å²) in [5, 5.41) is 12.1. The van der Waals surface area contributed by atoms with Crippen LogP contribution >= 0.6 is 0 Å². The lowest BCUT2D eigenvalue weighted by atomic mass is 10.1. The lowest BCUT2D eigenvalue weighted by molar-refractivity contribution is 0.0383. The Morgan fingerprint density at radius 3 is 2.68 bits per heavy atom. The zero-order chi connectivity index (χ0) is 23.7. The second-order valence-electron chi connectivity index (χ2n) is 8.38. The van der Waals surface area contributed by atoms with Crippen molar-refractivity contribution in [2.75, 3.05) is 39.4 Å². The van der Waals surface area contributed by atoms with E-state index in [4.69, 9.17) is 15.1 Å². The van der Waals surface area contributed by atoms with Crippen LogP contribution in [0.3, 0.4) is 0 Å². The molecule has 5 rings (SSSR count). The van der Waals surface area contributed by atoms with E-state index in [2.05, 4.69) is 10.2 Å². The highest BCUT2D eigenvalue weighted by Crippen LogP contribution is 2.15. The zero-order valence-electron chi connectivity index (χ0n) is 19.0. The maximum atomic E-state index is 13.4. The smallest absolute Gasteiger partial charge is 0.267 e. The minimum atomic E-state index is -0.390. The predicted molar refractivity (Wildman–Crippen MR) is 128 cm³/mol. The maximum Gasteiger partial charge on any atom is 0.267 e. The average Bonchev–Trinajstić information content (AvgIpc) is 2.85. The fraction of sp³-hybridized carbons (Fsp3) is 0.280. The predicted octanol–water partition coefficient (Wildman–Crippen LogP) is 1.49. The van der Waals surface area contributed by atoms with Crippen molar-refractivity contribution in [3.8, 4) is 5.69 Å². The number of carbonyl (C=O) groups is 1. The third-order valence-electron chi connectivity index (χ3n) is 6.04. The van der Waals surface area contributed by atoms with Gasteiger partial charge in [-0.25, -0.2) is 4.98 Å². The standard InChI is InChI=1S/C25H26N6O3/c1-17-7-8-21-28-23-20(25(33)30(21)16-17)15-19(22(26)31(23)18-5-3-2-4-6-18)24(32)27-9-10-29-11-13-34-14-12-29/h2-8,15-16,26H,9-14H2,1H3,(H,27,32). The molecule has 0 spiro atoms. The molecule has 1 saturated heterocycles. The number of benzene rings is 1. The Hall–Kier alpha value is -3.82. The number of fused-ring (bicyclic) bond motifs is 2. The van der Waals surface area contributed by atoms with Gasteiger partial charge in [0, 0.05) is 38.1 Å². The van der Waals surface area contributed by atoms with Crippen molar-refractivity contribution in [1.29, 1.82) is 5.41 Å². The number of rotatable bonds is 5. The Labute approximate surface area is 195 Å². The van der Waals surface area contributed by atoms with Gasteiger partial charge in [0.2, 0.25) is 0 Å². The van der Waals surface area contributed by atoms with E-state index in [0.29, 0.717) is 43.3 Å². The van der Waals surface area contributed by atoms with E-state index >= 15 is 0 Å². The molecule has 1 amide bonds. The molecule has 0 radical (unpaired) electrons. The highest BCUT2D eigenvalue weighted by Gasteiger charge is 2.19. The summed E-state index contributed by atoms with van der Waals surface area (Å²) in [4.78, 5) is 33.5. The summed E-state index contributed by atoms with van der Waals surface area (Å²) in [5.41, 5.74) is 2.23. The first-order valence-corrected chi connectivity index (χ1v) is 11.3. The number of carbonyl (C=O) groups excluding carboxylic acids is 1. The minimum Gasteiger partial charge on any atom is -0.379 e. The Balaban J connectivity index is 1.62. The van der Waals surface area contributed by atoms with Crippen LogP contribution in [0.1, 0.15) is 15.9 Å². The molecule has 1 aromatic carbocycles. The van der Waals surface area contributed by atoms with Crippen LogP contribution in [0.2, 0.25) is 0 Å². The van der Waals surface area contributed by atoms with Crippen LogP contribution in [-0.4, -0.2) is 64.2 Å². The topological polar surface area (TPSA) is 105 Å². The van der Waals surface area contributed by atoms with Gasteiger partial charge in [-0.3, -0.25) is 28.9 Å². The SMILES string of the molecule is Cc1ccc2nc3c(cc(C(=O)NCCN4CCOCC4)c(=N)n3-c3ccccc3)c(=O)n2c1. The molecule has 174 valence electrons. The average molecular weight is 459 g/mol. The van der Waals surface area contributed by atoms with Crippen LogP contribution in [0.4, 0.5) is 0 Å². The normalized spacial score (nSPS) is 14.5. The molecule has 1 aliphatic rings. The van der Waals surface area contributed by atoms with Gasteiger partial charge in [0.1, 0.15) is 11.1 Å². The summed E-state index contributed by atoms with van der Waals surface area (Å²) in [7, 11) is 0. The molecular weight excluding hydrogens is 432 g/mol. The number of nitrogens with one attached hydrogen (secondary N) is 2. The molecule has 1 fully saturated rings. The number of aryl methyl sites for hydroxylation is 1. The van der Waals surface area contributed by atoms with E-state index < -0.39 is 5.91 Å². The second kappa shape index (κ2) is 9.20. The number of pyridine rings is 2. The molecule has 3 aromatic heterocycles. The Morgan fingerprint density at radius 1 is 1.15 bits per heavy atom. The first kappa shape index (κ1) is 22.0. The van der Waals surface area contributed by atoms with Gasteiger partial charge in [-0.1, -0.05) is 24.3 Å². The zero-order valence-corrected chi connectivity index (χ0v) is 19.0. The molecule has 2 N–H and O–H groups in total. The molecule has 1 aliphatic heterocycles. The number of aromatic nitrogens is 3. The summed E-state index contributed by atoms with van der Waals surface area (Å²) >= 11 is 0. The highest BCUT2D eigenvalue weighted by atomic mass is 16.5. The molecule has 34 heavy (non-hydrogen) atoms. The molecule has 4 aromatic rings. The summed E-state index contributed by atoms with van der Waals surface area (Å²) in [6.07, 6.45) is 1.73. The number of ether oxygens (including phenoxy) is 1. The third-order valence-corrected chi connectivity index (χ3v) is 6.04. The number of amides is 1. The van der Waals surface area contributed by atoms with Crippen molar-refractivity contribution in [3.63, 3.8) is 0 Å². The van der Waals surface area contributed by atoms with Gasteiger partial charge in [-0.05, 0) is 36.8 Å². The van der Waals surface area contributed by atoms with Gasteiger partial charge in [0.25, 0.3) is 11.5 Å². The van der Waals surface area contributed by atoms with E-state index in [1.165, 1.54) is 10.5 Å². The lowest BCUT2D eigenvalue weighted by Gasteiger charge is -2.26.